The summed E-state index contributed by atoms with van der Waals surface area (Å²) in [6.45, 7) is 4.28. The second-order valence-electron chi connectivity index (χ2n) is 4.46. The first-order valence-electron chi connectivity index (χ1n) is 5.78. The molecule has 3 nitrogen and oxygen atoms in total. The molecular weight excluding hydrogens is 214 g/mol. The number of ketones is 1. The fraction of sp³-hybridized carbons (Fsp3) is 0.357. The lowest BCUT2D eigenvalue weighted by Crippen LogP contribution is -2.14. The van der Waals surface area contributed by atoms with Crippen LogP contribution in [0.4, 0.5) is 0 Å². The molecule has 0 aliphatic heterocycles. The molecule has 1 aromatic carbocycles. The monoisotopic (exact) mass is 231 g/mol. The van der Waals surface area contributed by atoms with Crippen molar-refractivity contribution in [2.75, 3.05) is 7.11 Å². The summed E-state index contributed by atoms with van der Waals surface area (Å²) in [5.41, 5.74) is 1.04. The summed E-state index contributed by atoms with van der Waals surface area (Å²) in [5.74, 6) is 1.15. The highest BCUT2D eigenvalue weighted by Crippen LogP contribution is 2.26. The molecule has 90 valence electrons. The maximum Gasteiger partial charge on any atom is 0.155 e. The van der Waals surface area contributed by atoms with E-state index < -0.39 is 0 Å². The Morgan fingerprint density at radius 2 is 2.12 bits per heavy atom. The number of carbonyl (C=O) groups is 1. The zero-order chi connectivity index (χ0) is 12.4. The van der Waals surface area contributed by atoms with Gasteiger partial charge in [0.25, 0.3) is 0 Å². The number of nitrogens with zero attached hydrogens (tertiary/aromatic N) is 1. The SMILES string of the molecule is COc1cccc2c1ccn2CC(=O)C(C)C. The van der Waals surface area contributed by atoms with Crippen LogP contribution in [0.25, 0.3) is 10.9 Å². The van der Waals surface area contributed by atoms with Gasteiger partial charge in [-0.05, 0) is 18.2 Å². The van der Waals surface area contributed by atoms with Gasteiger partial charge in [0, 0.05) is 17.5 Å². The van der Waals surface area contributed by atoms with Crippen LogP contribution in [0, 0.1) is 5.92 Å². The molecule has 0 N–H and O–H groups in total. The molecule has 0 saturated heterocycles. The van der Waals surface area contributed by atoms with Crippen molar-refractivity contribution < 1.29 is 9.53 Å². The van der Waals surface area contributed by atoms with Gasteiger partial charge in [-0.15, -0.1) is 0 Å². The average Bonchev–Trinajstić information content (AvgIpc) is 2.72. The summed E-state index contributed by atoms with van der Waals surface area (Å²) in [5, 5.41) is 1.05. The van der Waals surface area contributed by atoms with E-state index in [-0.39, 0.29) is 11.7 Å². The Labute approximate surface area is 101 Å². The number of rotatable bonds is 4. The molecule has 3 heteroatoms. The molecule has 1 aromatic heterocycles. The number of Topliss-reactive ketones (excluding diaryl/α,β-unsaturated/α-hetero) is 1. The molecule has 0 atom stereocenters. The van der Waals surface area contributed by atoms with Crippen molar-refractivity contribution in [2.24, 2.45) is 5.92 Å². The van der Waals surface area contributed by atoms with Crippen molar-refractivity contribution in [1.82, 2.24) is 4.57 Å². The second-order valence-corrected chi connectivity index (χ2v) is 4.46. The minimum Gasteiger partial charge on any atom is -0.496 e. The number of hydrogen-bond donors (Lipinski definition) is 0. The van der Waals surface area contributed by atoms with Gasteiger partial charge in [-0.3, -0.25) is 4.79 Å². The van der Waals surface area contributed by atoms with Gasteiger partial charge in [-0.2, -0.15) is 0 Å². The second kappa shape index (κ2) is 4.62. The van der Waals surface area contributed by atoms with E-state index in [1.165, 1.54) is 0 Å². The quantitative estimate of drug-likeness (QED) is 0.810. The Kier molecular flexibility index (Phi) is 3.18. The molecule has 2 rings (SSSR count). The van der Waals surface area contributed by atoms with Crippen LogP contribution in [0.15, 0.2) is 30.5 Å². The average molecular weight is 231 g/mol. The normalized spacial score (nSPS) is 11.1. The van der Waals surface area contributed by atoms with Crippen molar-refractivity contribution in [3.05, 3.63) is 30.5 Å². The highest BCUT2D eigenvalue weighted by atomic mass is 16.5. The number of ether oxygens (including phenoxy) is 1. The van der Waals surface area contributed by atoms with Crippen LogP contribution in [0.1, 0.15) is 13.8 Å². The molecule has 0 unspecified atom stereocenters. The first kappa shape index (κ1) is 11.7. The first-order valence-corrected chi connectivity index (χ1v) is 5.78. The van der Waals surface area contributed by atoms with E-state index in [1.807, 2.05) is 48.9 Å². The van der Waals surface area contributed by atoms with Crippen LogP contribution >= 0.6 is 0 Å². The Morgan fingerprint density at radius 3 is 2.76 bits per heavy atom. The number of hydrogen-bond acceptors (Lipinski definition) is 2. The van der Waals surface area contributed by atoms with E-state index in [0.717, 1.165) is 16.7 Å². The van der Waals surface area contributed by atoms with E-state index >= 15 is 0 Å². The van der Waals surface area contributed by atoms with Crippen molar-refractivity contribution in [1.29, 1.82) is 0 Å². The largest absolute Gasteiger partial charge is 0.496 e. The van der Waals surface area contributed by atoms with Crippen LogP contribution in [-0.2, 0) is 11.3 Å². The number of fused-ring (bicyclic) bond motifs is 1. The highest BCUT2D eigenvalue weighted by molar-refractivity contribution is 5.88. The topological polar surface area (TPSA) is 31.2 Å². The minimum atomic E-state index is 0.0676. The van der Waals surface area contributed by atoms with Gasteiger partial charge >= 0.3 is 0 Å². The molecule has 2 aromatic rings. The lowest BCUT2D eigenvalue weighted by molar-refractivity contribution is -0.122. The van der Waals surface area contributed by atoms with E-state index in [2.05, 4.69) is 0 Å². The summed E-state index contributed by atoms with van der Waals surface area (Å²) >= 11 is 0. The molecule has 1 heterocycles. The number of benzene rings is 1. The van der Waals surface area contributed by atoms with Crippen molar-refractivity contribution in [2.45, 2.75) is 20.4 Å². The molecule has 0 saturated carbocycles. The number of methoxy groups -OCH3 is 1. The predicted octanol–water partition coefficient (Wildman–Crippen LogP) is 2.88. The number of carbonyl (C=O) groups excluding carboxylic acids is 1. The molecule has 0 spiro atoms. The summed E-state index contributed by atoms with van der Waals surface area (Å²) in [6, 6.07) is 7.86. The van der Waals surface area contributed by atoms with Crippen LogP contribution in [0.2, 0.25) is 0 Å². The van der Waals surface area contributed by atoms with Crippen LogP contribution in [0.3, 0.4) is 0 Å². The van der Waals surface area contributed by atoms with Crippen molar-refractivity contribution in [3.8, 4) is 5.75 Å². The molecule has 0 amide bonds. The van der Waals surface area contributed by atoms with E-state index in [1.54, 1.807) is 7.11 Å². The Morgan fingerprint density at radius 1 is 1.35 bits per heavy atom. The summed E-state index contributed by atoms with van der Waals surface area (Å²) in [4.78, 5) is 11.8. The van der Waals surface area contributed by atoms with E-state index in [4.69, 9.17) is 4.74 Å². The fourth-order valence-corrected chi connectivity index (χ4v) is 1.86. The van der Waals surface area contributed by atoms with Crippen molar-refractivity contribution in [3.63, 3.8) is 0 Å². The lowest BCUT2D eigenvalue weighted by atomic mass is 10.1. The maximum absolute atomic E-state index is 11.8. The van der Waals surface area contributed by atoms with Crippen molar-refractivity contribution >= 4 is 16.7 Å². The van der Waals surface area contributed by atoms with Gasteiger partial charge in [0.1, 0.15) is 5.75 Å². The zero-order valence-electron chi connectivity index (χ0n) is 10.4. The third kappa shape index (κ3) is 2.18. The van der Waals surface area contributed by atoms with Gasteiger partial charge in [-0.25, -0.2) is 0 Å². The van der Waals surface area contributed by atoms with Gasteiger partial charge in [0.05, 0.1) is 19.2 Å². The number of aromatic nitrogens is 1. The van der Waals surface area contributed by atoms with Crippen LogP contribution < -0.4 is 4.74 Å². The van der Waals surface area contributed by atoms with E-state index in [0.29, 0.717) is 6.54 Å². The summed E-state index contributed by atoms with van der Waals surface area (Å²) in [7, 11) is 1.66. The summed E-state index contributed by atoms with van der Waals surface area (Å²) in [6.07, 6.45) is 1.94. The molecule has 0 aliphatic carbocycles. The van der Waals surface area contributed by atoms with Crippen LogP contribution in [-0.4, -0.2) is 17.5 Å². The molecular formula is C14H17NO2. The minimum absolute atomic E-state index is 0.0676. The molecule has 0 bridgehead atoms. The molecule has 0 fully saturated rings. The van der Waals surface area contributed by atoms with Gasteiger partial charge in [0.2, 0.25) is 0 Å². The van der Waals surface area contributed by atoms with E-state index in [9.17, 15) is 4.79 Å². The molecule has 0 aliphatic rings. The maximum atomic E-state index is 11.8. The van der Waals surface area contributed by atoms with Gasteiger partial charge < -0.3 is 9.30 Å². The van der Waals surface area contributed by atoms with Crippen LogP contribution in [0.5, 0.6) is 5.75 Å². The predicted molar refractivity (Wildman–Crippen MR) is 68.3 cm³/mol. The first-order chi connectivity index (χ1) is 8.13. The Hall–Kier alpha value is -1.77. The zero-order valence-corrected chi connectivity index (χ0v) is 10.4. The fourth-order valence-electron chi connectivity index (χ4n) is 1.86. The molecule has 0 radical (unpaired) electrons. The smallest absolute Gasteiger partial charge is 0.155 e. The van der Waals surface area contributed by atoms with Gasteiger partial charge in [0.15, 0.2) is 5.78 Å². The Balaban J connectivity index is 2.40. The van der Waals surface area contributed by atoms with Gasteiger partial charge in [-0.1, -0.05) is 19.9 Å². The lowest BCUT2D eigenvalue weighted by Gasteiger charge is -2.08. The third-order valence-electron chi connectivity index (χ3n) is 2.96. The third-order valence-corrected chi connectivity index (χ3v) is 2.96. The standard InChI is InChI=1S/C14H17NO2/c1-10(2)13(16)9-15-8-7-11-12(15)5-4-6-14(11)17-3/h4-8,10H,9H2,1-3H3. The highest BCUT2D eigenvalue weighted by Gasteiger charge is 2.11. The summed E-state index contributed by atoms with van der Waals surface area (Å²) < 4.78 is 7.27. The Bertz CT molecular complexity index is 540. The molecule has 17 heavy (non-hydrogen) atoms.